The van der Waals surface area contributed by atoms with Crippen LogP contribution in [0.4, 0.5) is 0 Å². The summed E-state index contributed by atoms with van der Waals surface area (Å²) in [4.78, 5) is 0. The lowest BCUT2D eigenvalue weighted by atomic mass is 9.68. The Hall–Kier alpha value is 0. The Labute approximate surface area is 116 Å². The van der Waals surface area contributed by atoms with Crippen molar-refractivity contribution in [2.45, 2.75) is 92.4 Å². The van der Waals surface area contributed by atoms with E-state index in [0.29, 0.717) is 5.41 Å². The van der Waals surface area contributed by atoms with Crippen molar-refractivity contribution in [1.82, 2.24) is 0 Å². The second kappa shape index (κ2) is 7.56. The molecule has 0 aromatic carbocycles. The highest BCUT2D eigenvalue weighted by molar-refractivity contribution is 4.91. The van der Waals surface area contributed by atoms with Crippen molar-refractivity contribution in [1.29, 1.82) is 0 Å². The smallest absolute Gasteiger partial charge is 0.0269 e. The molecule has 0 aromatic heterocycles. The van der Waals surface area contributed by atoms with Gasteiger partial charge < -0.3 is 0 Å². The summed E-state index contributed by atoms with van der Waals surface area (Å²) in [7, 11) is 0. The van der Waals surface area contributed by atoms with Crippen molar-refractivity contribution in [2.75, 3.05) is 0 Å². The predicted molar refractivity (Wildman–Crippen MR) is 82.8 cm³/mol. The van der Waals surface area contributed by atoms with Crippen LogP contribution in [0.5, 0.6) is 0 Å². The van der Waals surface area contributed by atoms with Gasteiger partial charge in [-0.25, -0.2) is 0 Å². The zero-order valence-electron chi connectivity index (χ0n) is 13.6. The molecule has 0 aliphatic heterocycles. The maximum Gasteiger partial charge on any atom is -0.0269 e. The van der Waals surface area contributed by atoms with Gasteiger partial charge >= 0.3 is 0 Å². The lowest BCUT2D eigenvalue weighted by molar-refractivity contribution is 0.136. The van der Waals surface area contributed by atoms with Gasteiger partial charge in [0.1, 0.15) is 0 Å². The van der Waals surface area contributed by atoms with E-state index in [-0.39, 0.29) is 0 Å². The van der Waals surface area contributed by atoms with Crippen LogP contribution in [-0.2, 0) is 0 Å². The monoisotopic (exact) mass is 252 g/mol. The van der Waals surface area contributed by atoms with Crippen LogP contribution in [0.2, 0.25) is 0 Å². The van der Waals surface area contributed by atoms with E-state index in [2.05, 4.69) is 34.6 Å². The van der Waals surface area contributed by atoms with Crippen LogP contribution in [0.1, 0.15) is 92.4 Å². The molecule has 1 saturated carbocycles. The molecular weight excluding hydrogens is 216 g/mol. The molecule has 0 bridgehead atoms. The molecule has 0 aromatic rings. The fraction of sp³-hybridized carbons (Fsp3) is 1.00. The normalized spacial score (nSPS) is 30.0. The Kier molecular flexibility index (Phi) is 6.74. The second-order valence-corrected chi connectivity index (χ2v) is 7.35. The lowest BCUT2D eigenvalue weighted by Gasteiger charge is -2.37. The predicted octanol–water partition coefficient (Wildman–Crippen LogP) is 6.45. The molecule has 0 heterocycles. The molecule has 1 fully saturated rings. The van der Waals surface area contributed by atoms with Crippen molar-refractivity contribution < 1.29 is 0 Å². The Balaban J connectivity index is 2.42. The van der Waals surface area contributed by atoms with Crippen LogP contribution >= 0.6 is 0 Å². The van der Waals surface area contributed by atoms with Gasteiger partial charge in [-0.05, 0) is 42.4 Å². The Morgan fingerprint density at radius 3 is 2.39 bits per heavy atom. The minimum Gasteiger partial charge on any atom is -0.0651 e. The molecule has 1 rings (SSSR count). The first kappa shape index (κ1) is 16.1. The number of hydrogen-bond donors (Lipinski definition) is 0. The van der Waals surface area contributed by atoms with Crippen LogP contribution < -0.4 is 0 Å². The van der Waals surface area contributed by atoms with Crippen molar-refractivity contribution in [3.05, 3.63) is 0 Å². The summed E-state index contributed by atoms with van der Waals surface area (Å²) in [5, 5.41) is 0. The van der Waals surface area contributed by atoms with Gasteiger partial charge in [0.25, 0.3) is 0 Å². The molecule has 3 unspecified atom stereocenters. The molecule has 0 nitrogen and oxygen atoms in total. The molecule has 0 saturated heterocycles. The topological polar surface area (TPSA) is 0 Å². The molecule has 1 aliphatic carbocycles. The van der Waals surface area contributed by atoms with E-state index in [1.165, 1.54) is 57.8 Å². The maximum absolute atomic E-state index is 2.50. The SMILES string of the molecule is CCC1CCCC1(CC)CC(C)CCCC(C)C. The highest BCUT2D eigenvalue weighted by atomic mass is 14.5. The minimum absolute atomic E-state index is 0.714. The first-order chi connectivity index (χ1) is 8.54. The van der Waals surface area contributed by atoms with Gasteiger partial charge in [0.05, 0.1) is 0 Å². The third kappa shape index (κ3) is 4.28. The Bertz CT molecular complexity index is 218. The van der Waals surface area contributed by atoms with Gasteiger partial charge in [-0.2, -0.15) is 0 Å². The average molecular weight is 252 g/mol. The van der Waals surface area contributed by atoms with Gasteiger partial charge in [-0.3, -0.25) is 0 Å². The van der Waals surface area contributed by atoms with Crippen molar-refractivity contribution in [3.8, 4) is 0 Å². The number of rotatable bonds is 8. The zero-order valence-corrected chi connectivity index (χ0v) is 13.6. The summed E-state index contributed by atoms with van der Waals surface area (Å²) >= 11 is 0. The van der Waals surface area contributed by atoms with E-state index in [1.54, 1.807) is 0 Å². The van der Waals surface area contributed by atoms with Gasteiger partial charge in [0.2, 0.25) is 0 Å². The molecule has 1 aliphatic rings. The zero-order chi connectivity index (χ0) is 13.6. The van der Waals surface area contributed by atoms with Crippen molar-refractivity contribution in [2.24, 2.45) is 23.2 Å². The van der Waals surface area contributed by atoms with Gasteiger partial charge in [0, 0.05) is 0 Å². The highest BCUT2D eigenvalue weighted by Gasteiger charge is 2.40. The molecule has 0 N–H and O–H groups in total. The van der Waals surface area contributed by atoms with Crippen LogP contribution in [0.3, 0.4) is 0 Å². The molecule has 18 heavy (non-hydrogen) atoms. The third-order valence-electron chi connectivity index (χ3n) is 5.52. The summed E-state index contributed by atoms with van der Waals surface area (Å²) < 4.78 is 0. The third-order valence-corrected chi connectivity index (χ3v) is 5.52. The molecule has 3 atom stereocenters. The summed E-state index contributed by atoms with van der Waals surface area (Å²) in [5.41, 5.74) is 0.714. The van der Waals surface area contributed by atoms with E-state index >= 15 is 0 Å². The van der Waals surface area contributed by atoms with Gasteiger partial charge in [-0.1, -0.05) is 73.1 Å². The van der Waals surface area contributed by atoms with E-state index in [4.69, 9.17) is 0 Å². The van der Waals surface area contributed by atoms with Gasteiger partial charge in [-0.15, -0.1) is 0 Å². The fourth-order valence-electron chi connectivity index (χ4n) is 4.40. The summed E-state index contributed by atoms with van der Waals surface area (Å²) in [6.45, 7) is 12.0. The molecule has 0 heteroatoms. The Morgan fingerprint density at radius 1 is 1.11 bits per heavy atom. The van der Waals surface area contributed by atoms with Crippen LogP contribution in [-0.4, -0.2) is 0 Å². The highest BCUT2D eigenvalue weighted by Crippen LogP contribution is 2.51. The van der Waals surface area contributed by atoms with Crippen LogP contribution in [0.25, 0.3) is 0 Å². The number of hydrogen-bond acceptors (Lipinski definition) is 0. The van der Waals surface area contributed by atoms with E-state index in [0.717, 1.165) is 17.8 Å². The van der Waals surface area contributed by atoms with Gasteiger partial charge in [0.15, 0.2) is 0 Å². The molecule has 0 radical (unpaired) electrons. The molecular formula is C18H36. The quantitative estimate of drug-likeness (QED) is 0.466. The first-order valence-corrected chi connectivity index (χ1v) is 8.54. The summed E-state index contributed by atoms with van der Waals surface area (Å²) in [5.74, 6) is 2.85. The lowest BCUT2D eigenvalue weighted by Crippen LogP contribution is -2.27. The summed E-state index contributed by atoms with van der Waals surface area (Å²) in [6.07, 6.45) is 13.1. The largest absolute Gasteiger partial charge is 0.0651 e. The summed E-state index contributed by atoms with van der Waals surface area (Å²) in [6, 6.07) is 0. The molecule has 108 valence electrons. The average Bonchev–Trinajstić information content (AvgIpc) is 2.71. The van der Waals surface area contributed by atoms with E-state index in [1.807, 2.05) is 0 Å². The van der Waals surface area contributed by atoms with Crippen LogP contribution in [0, 0.1) is 23.2 Å². The van der Waals surface area contributed by atoms with E-state index < -0.39 is 0 Å². The standard InChI is InChI=1S/C18H36/c1-6-17-12-9-13-18(17,7-2)14-16(5)11-8-10-15(3)4/h15-17H,6-14H2,1-5H3. The maximum atomic E-state index is 2.50. The minimum atomic E-state index is 0.714. The van der Waals surface area contributed by atoms with Crippen molar-refractivity contribution >= 4 is 0 Å². The van der Waals surface area contributed by atoms with Crippen molar-refractivity contribution in [3.63, 3.8) is 0 Å². The second-order valence-electron chi connectivity index (χ2n) is 7.35. The van der Waals surface area contributed by atoms with Crippen LogP contribution in [0.15, 0.2) is 0 Å². The molecule has 0 amide bonds. The fourth-order valence-corrected chi connectivity index (χ4v) is 4.40. The Morgan fingerprint density at radius 2 is 1.83 bits per heavy atom. The molecule has 0 spiro atoms. The first-order valence-electron chi connectivity index (χ1n) is 8.54. The van der Waals surface area contributed by atoms with E-state index in [9.17, 15) is 0 Å².